The van der Waals surface area contributed by atoms with Gasteiger partial charge >= 0.3 is 0 Å². The molecule has 1 aromatic rings. The van der Waals surface area contributed by atoms with Crippen molar-refractivity contribution in [3.63, 3.8) is 0 Å². The second kappa shape index (κ2) is 4.65. The van der Waals surface area contributed by atoms with Crippen molar-refractivity contribution in [1.29, 1.82) is 0 Å². The van der Waals surface area contributed by atoms with E-state index >= 15 is 0 Å². The van der Waals surface area contributed by atoms with Gasteiger partial charge in [-0.25, -0.2) is 0 Å². The van der Waals surface area contributed by atoms with E-state index in [9.17, 15) is 4.79 Å². The fourth-order valence-electron chi connectivity index (χ4n) is 1.78. The fraction of sp³-hybridized carbons (Fsp3) is 0.364. The van der Waals surface area contributed by atoms with Gasteiger partial charge in [-0.3, -0.25) is 4.79 Å². The number of benzene rings is 1. The van der Waals surface area contributed by atoms with Crippen LogP contribution in [-0.2, 0) is 0 Å². The number of nitrogens with two attached hydrogens (primary N) is 2. The van der Waals surface area contributed by atoms with Crippen LogP contribution in [0.5, 0.6) is 0 Å². The quantitative estimate of drug-likeness (QED) is 0.750. The monoisotopic (exact) mass is 237 g/mol. The van der Waals surface area contributed by atoms with E-state index in [4.69, 9.17) is 11.5 Å². The molecule has 5 heteroatoms. The molecule has 0 unspecified atom stereocenters. The maximum atomic E-state index is 11.1. The van der Waals surface area contributed by atoms with E-state index in [-0.39, 0.29) is 0 Å². The van der Waals surface area contributed by atoms with Gasteiger partial charge in [-0.15, -0.1) is 0 Å². The SMILES string of the molecule is NC(=O)c1ccc(N)c(N2CCSCC2)c1. The van der Waals surface area contributed by atoms with Crippen LogP contribution in [-0.4, -0.2) is 30.5 Å². The lowest BCUT2D eigenvalue weighted by Crippen LogP contribution is -2.33. The van der Waals surface area contributed by atoms with E-state index < -0.39 is 5.91 Å². The number of hydrogen-bond acceptors (Lipinski definition) is 4. The Labute approximate surface area is 99.0 Å². The average Bonchev–Trinajstić information content (AvgIpc) is 2.30. The molecule has 0 saturated carbocycles. The summed E-state index contributed by atoms with van der Waals surface area (Å²) >= 11 is 1.94. The summed E-state index contributed by atoms with van der Waals surface area (Å²) in [5.74, 6) is 1.79. The van der Waals surface area contributed by atoms with Crippen LogP contribution < -0.4 is 16.4 Å². The van der Waals surface area contributed by atoms with Crippen LogP contribution in [0.15, 0.2) is 18.2 Å². The Kier molecular flexibility index (Phi) is 3.24. The highest BCUT2D eigenvalue weighted by Crippen LogP contribution is 2.26. The summed E-state index contributed by atoms with van der Waals surface area (Å²) in [5.41, 5.74) is 13.3. The van der Waals surface area contributed by atoms with Gasteiger partial charge in [-0.1, -0.05) is 0 Å². The second-order valence-corrected chi connectivity index (χ2v) is 4.96. The molecule has 1 aliphatic rings. The molecule has 86 valence electrons. The maximum absolute atomic E-state index is 11.1. The summed E-state index contributed by atoms with van der Waals surface area (Å²) in [7, 11) is 0. The first-order chi connectivity index (χ1) is 7.68. The first kappa shape index (κ1) is 11.1. The van der Waals surface area contributed by atoms with Gasteiger partial charge in [-0.05, 0) is 18.2 Å². The number of amides is 1. The van der Waals surface area contributed by atoms with Crippen LogP contribution in [0.3, 0.4) is 0 Å². The molecule has 1 saturated heterocycles. The molecule has 1 amide bonds. The third kappa shape index (κ3) is 2.24. The molecule has 0 spiro atoms. The normalized spacial score (nSPS) is 16.1. The van der Waals surface area contributed by atoms with Crippen molar-refractivity contribution in [2.75, 3.05) is 35.2 Å². The molecule has 1 aromatic carbocycles. The van der Waals surface area contributed by atoms with Crippen LogP contribution in [0.2, 0.25) is 0 Å². The number of hydrogen-bond donors (Lipinski definition) is 2. The lowest BCUT2D eigenvalue weighted by atomic mass is 10.1. The molecule has 0 aliphatic carbocycles. The summed E-state index contributed by atoms with van der Waals surface area (Å²) in [6, 6.07) is 5.20. The molecular weight excluding hydrogens is 222 g/mol. The Balaban J connectivity index is 2.30. The van der Waals surface area contributed by atoms with Gasteiger partial charge in [0.05, 0.1) is 11.4 Å². The summed E-state index contributed by atoms with van der Waals surface area (Å²) in [6.07, 6.45) is 0. The van der Waals surface area contributed by atoms with Crippen LogP contribution in [0.4, 0.5) is 11.4 Å². The Morgan fingerprint density at radius 3 is 2.62 bits per heavy atom. The minimum Gasteiger partial charge on any atom is -0.397 e. The van der Waals surface area contributed by atoms with Crippen LogP contribution in [0.1, 0.15) is 10.4 Å². The van der Waals surface area contributed by atoms with Crippen LogP contribution in [0.25, 0.3) is 0 Å². The van der Waals surface area contributed by atoms with Crippen molar-refractivity contribution in [2.24, 2.45) is 5.73 Å². The molecule has 1 heterocycles. The molecule has 0 aromatic heterocycles. The predicted molar refractivity (Wildman–Crippen MR) is 68.9 cm³/mol. The largest absolute Gasteiger partial charge is 0.397 e. The van der Waals surface area contributed by atoms with Gasteiger partial charge in [0, 0.05) is 30.2 Å². The number of nitrogens with zero attached hydrogens (tertiary/aromatic N) is 1. The van der Waals surface area contributed by atoms with E-state index in [2.05, 4.69) is 4.90 Å². The van der Waals surface area contributed by atoms with Gasteiger partial charge in [0.1, 0.15) is 0 Å². The zero-order chi connectivity index (χ0) is 11.5. The number of anilines is 2. The number of carbonyl (C=O) groups excluding carboxylic acids is 1. The standard InChI is InChI=1S/C11H15N3OS/c12-9-2-1-8(11(13)15)7-10(9)14-3-5-16-6-4-14/h1-2,7H,3-6,12H2,(H2,13,15). The number of primary amides is 1. The number of carbonyl (C=O) groups is 1. The zero-order valence-corrected chi connectivity index (χ0v) is 9.80. The summed E-state index contributed by atoms with van der Waals surface area (Å²) in [6.45, 7) is 1.94. The summed E-state index contributed by atoms with van der Waals surface area (Å²) < 4.78 is 0. The molecule has 1 fully saturated rings. The molecule has 1 aliphatic heterocycles. The van der Waals surface area contributed by atoms with E-state index in [1.54, 1.807) is 18.2 Å². The highest BCUT2D eigenvalue weighted by Gasteiger charge is 2.15. The fourth-order valence-corrected chi connectivity index (χ4v) is 2.68. The Bertz CT molecular complexity index is 402. The first-order valence-electron chi connectivity index (χ1n) is 5.20. The molecular formula is C11H15N3OS. The van der Waals surface area contributed by atoms with Gasteiger partial charge in [0.25, 0.3) is 0 Å². The van der Waals surface area contributed by atoms with Crippen molar-refractivity contribution in [3.8, 4) is 0 Å². The third-order valence-electron chi connectivity index (χ3n) is 2.67. The molecule has 0 radical (unpaired) electrons. The van der Waals surface area contributed by atoms with Crippen LogP contribution in [0, 0.1) is 0 Å². The van der Waals surface area contributed by atoms with Crippen molar-refractivity contribution in [3.05, 3.63) is 23.8 Å². The van der Waals surface area contributed by atoms with Gasteiger partial charge in [0.15, 0.2) is 0 Å². The van der Waals surface area contributed by atoms with E-state index in [0.29, 0.717) is 11.3 Å². The molecule has 0 atom stereocenters. The lowest BCUT2D eigenvalue weighted by Gasteiger charge is -2.29. The highest BCUT2D eigenvalue weighted by atomic mass is 32.2. The Morgan fingerprint density at radius 2 is 2.00 bits per heavy atom. The zero-order valence-electron chi connectivity index (χ0n) is 8.98. The maximum Gasteiger partial charge on any atom is 0.248 e. The topological polar surface area (TPSA) is 72.3 Å². The minimum atomic E-state index is -0.410. The predicted octanol–water partition coefficient (Wildman–Crippen LogP) is 0.921. The van der Waals surface area contributed by atoms with Crippen molar-refractivity contribution < 1.29 is 4.79 Å². The van der Waals surface area contributed by atoms with E-state index in [1.807, 2.05) is 11.8 Å². The smallest absolute Gasteiger partial charge is 0.248 e. The third-order valence-corrected chi connectivity index (χ3v) is 3.61. The molecule has 0 bridgehead atoms. The van der Waals surface area contributed by atoms with Gasteiger partial charge in [-0.2, -0.15) is 11.8 Å². The van der Waals surface area contributed by atoms with Crippen molar-refractivity contribution in [1.82, 2.24) is 0 Å². The Morgan fingerprint density at radius 1 is 1.31 bits per heavy atom. The van der Waals surface area contributed by atoms with Crippen LogP contribution >= 0.6 is 11.8 Å². The van der Waals surface area contributed by atoms with E-state index in [0.717, 1.165) is 30.3 Å². The molecule has 16 heavy (non-hydrogen) atoms. The minimum absolute atomic E-state index is 0.410. The number of rotatable bonds is 2. The van der Waals surface area contributed by atoms with Gasteiger partial charge in [0.2, 0.25) is 5.91 Å². The Hall–Kier alpha value is -1.36. The molecule has 4 N–H and O–H groups in total. The first-order valence-corrected chi connectivity index (χ1v) is 6.36. The number of thioether (sulfide) groups is 1. The summed E-state index contributed by atoms with van der Waals surface area (Å²) in [4.78, 5) is 13.3. The van der Waals surface area contributed by atoms with Crippen molar-refractivity contribution >= 4 is 29.0 Å². The lowest BCUT2D eigenvalue weighted by molar-refractivity contribution is 0.100. The second-order valence-electron chi connectivity index (χ2n) is 3.74. The average molecular weight is 237 g/mol. The van der Waals surface area contributed by atoms with Crippen molar-refractivity contribution in [2.45, 2.75) is 0 Å². The molecule has 2 rings (SSSR count). The number of nitrogen functional groups attached to an aromatic ring is 1. The van der Waals surface area contributed by atoms with Gasteiger partial charge < -0.3 is 16.4 Å². The molecule has 4 nitrogen and oxygen atoms in total. The summed E-state index contributed by atoms with van der Waals surface area (Å²) in [5, 5.41) is 0. The van der Waals surface area contributed by atoms with E-state index in [1.165, 1.54) is 0 Å². The highest BCUT2D eigenvalue weighted by molar-refractivity contribution is 7.99.